The van der Waals surface area contributed by atoms with E-state index < -0.39 is 0 Å². The molecule has 1 unspecified atom stereocenters. The van der Waals surface area contributed by atoms with Gasteiger partial charge in [0.2, 0.25) is 0 Å². The maximum Gasteiger partial charge on any atom is 0.193 e. The molecule has 2 N–H and O–H groups in total. The molecule has 1 aliphatic rings. The van der Waals surface area contributed by atoms with Gasteiger partial charge in [0.05, 0.1) is 6.61 Å². The van der Waals surface area contributed by atoms with Crippen molar-refractivity contribution in [3.05, 3.63) is 36.0 Å². The molecular formula is C18H27IN4O. The third-order valence-electron chi connectivity index (χ3n) is 4.39. The second-order valence-corrected chi connectivity index (χ2v) is 6.22. The fourth-order valence-electron chi connectivity index (χ4n) is 3.16. The van der Waals surface area contributed by atoms with Crippen LogP contribution in [0.15, 0.2) is 35.3 Å². The molecule has 0 saturated carbocycles. The molecule has 0 bridgehead atoms. The number of aliphatic imine (C=N–C) groups is 1. The first-order valence-corrected chi connectivity index (χ1v) is 8.32. The summed E-state index contributed by atoms with van der Waals surface area (Å²) in [6, 6.07) is 10.6. The molecule has 0 aliphatic carbocycles. The van der Waals surface area contributed by atoms with E-state index in [9.17, 15) is 0 Å². The lowest BCUT2D eigenvalue weighted by Gasteiger charge is -2.24. The van der Waals surface area contributed by atoms with Gasteiger partial charge >= 0.3 is 0 Å². The predicted octanol–water partition coefficient (Wildman–Crippen LogP) is 2.87. The summed E-state index contributed by atoms with van der Waals surface area (Å²) < 4.78 is 5.45. The molecule has 1 saturated heterocycles. The van der Waals surface area contributed by atoms with E-state index in [0.29, 0.717) is 5.92 Å². The van der Waals surface area contributed by atoms with E-state index in [1.165, 1.54) is 16.6 Å². The third kappa shape index (κ3) is 4.86. The Hall–Kier alpha value is -1.28. The molecule has 1 fully saturated rings. The van der Waals surface area contributed by atoms with Gasteiger partial charge in [0.1, 0.15) is 0 Å². The number of aromatic amines is 1. The van der Waals surface area contributed by atoms with Crippen molar-refractivity contribution in [1.29, 1.82) is 0 Å². The van der Waals surface area contributed by atoms with Gasteiger partial charge in [-0.25, -0.2) is 0 Å². The van der Waals surface area contributed by atoms with Crippen molar-refractivity contribution in [2.75, 3.05) is 40.4 Å². The number of hydrogen-bond acceptors (Lipinski definition) is 2. The van der Waals surface area contributed by atoms with Crippen molar-refractivity contribution < 1.29 is 4.74 Å². The zero-order valence-electron chi connectivity index (χ0n) is 14.4. The molecular weight excluding hydrogens is 415 g/mol. The van der Waals surface area contributed by atoms with E-state index in [4.69, 9.17) is 4.74 Å². The molecule has 0 spiro atoms. The molecule has 2 aromatic rings. The van der Waals surface area contributed by atoms with Crippen molar-refractivity contribution in [3.8, 4) is 0 Å². The topological polar surface area (TPSA) is 52.7 Å². The quantitative estimate of drug-likeness (QED) is 0.426. The van der Waals surface area contributed by atoms with Crippen LogP contribution in [0.1, 0.15) is 12.1 Å². The van der Waals surface area contributed by atoms with E-state index in [1.54, 1.807) is 0 Å². The number of nitrogens with zero attached hydrogens (tertiary/aromatic N) is 2. The van der Waals surface area contributed by atoms with E-state index in [1.807, 2.05) is 7.05 Å². The minimum Gasteiger partial charge on any atom is -0.381 e. The van der Waals surface area contributed by atoms with Gasteiger partial charge in [-0.3, -0.25) is 4.99 Å². The Kier molecular flexibility index (Phi) is 7.36. The second-order valence-electron chi connectivity index (χ2n) is 6.22. The van der Waals surface area contributed by atoms with Crippen LogP contribution in [0.4, 0.5) is 0 Å². The Morgan fingerprint density at radius 3 is 2.96 bits per heavy atom. The summed E-state index contributed by atoms with van der Waals surface area (Å²) in [5.74, 6) is 1.57. The van der Waals surface area contributed by atoms with Gasteiger partial charge in [0.25, 0.3) is 0 Å². The number of para-hydroxylation sites is 1. The van der Waals surface area contributed by atoms with Crippen molar-refractivity contribution in [3.63, 3.8) is 0 Å². The first-order valence-electron chi connectivity index (χ1n) is 8.32. The zero-order chi connectivity index (χ0) is 16.1. The number of halogens is 1. The zero-order valence-corrected chi connectivity index (χ0v) is 16.7. The normalized spacial score (nSPS) is 17.8. The van der Waals surface area contributed by atoms with Crippen molar-refractivity contribution in [1.82, 2.24) is 15.2 Å². The van der Waals surface area contributed by atoms with Crippen molar-refractivity contribution in [2.24, 2.45) is 10.9 Å². The lowest BCUT2D eigenvalue weighted by Crippen LogP contribution is -2.42. The smallest absolute Gasteiger partial charge is 0.193 e. The summed E-state index contributed by atoms with van der Waals surface area (Å²) in [6.07, 6.45) is 2.10. The Labute approximate surface area is 160 Å². The Balaban J connectivity index is 0.00000208. The van der Waals surface area contributed by atoms with Gasteiger partial charge in [-0.15, -0.1) is 24.0 Å². The number of nitrogens with one attached hydrogen (secondary N) is 2. The van der Waals surface area contributed by atoms with Gasteiger partial charge in [-0.2, -0.15) is 0 Å². The molecule has 0 radical (unpaired) electrons. The SMILES string of the molecule is CN=C(NCCc1cc2ccccc2[nH]1)N(C)CC1CCOC1.I. The number of guanidine groups is 1. The largest absolute Gasteiger partial charge is 0.381 e. The summed E-state index contributed by atoms with van der Waals surface area (Å²) in [5.41, 5.74) is 2.45. The highest BCUT2D eigenvalue weighted by Crippen LogP contribution is 2.15. The molecule has 2 heterocycles. The molecule has 1 aromatic heterocycles. The molecule has 24 heavy (non-hydrogen) atoms. The highest BCUT2D eigenvalue weighted by molar-refractivity contribution is 14.0. The molecule has 1 aliphatic heterocycles. The van der Waals surface area contributed by atoms with Crippen molar-refractivity contribution in [2.45, 2.75) is 12.8 Å². The fraction of sp³-hybridized carbons (Fsp3) is 0.500. The van der Waals surface area contributed by atoms with Gasteiger partial charge in [0, 0.05) is 57.3 Å². The molecule has 1 aromatic carbocycles. The average Bonchev–Trinajstić information content (AvgIpc) is 3.20. The first-order chi connectivity index (χ1) is 11.3. The first kappa shape index (κ1) is 19.1. The molecule has 3 rings (SSSR count). The lowest BCUT2D eigenvalue weighted by molar-refractivity contribution is 0.181. The van der Waals surface area contributed by atoms with Crippen LogP contribution in [0.5, 0.6) is 0 Å². The molecule has 132 valence electrons. The standard InChI is InChI=1S/C18H26N4O.HI/c1-19-18(22(2)12-14-8-10-23-13-14)20-9-7-16-11-15-5-3-4-6-17(15)21-16;/h3-6,11,14,21H,7-10,12-13H2,1-2H3,(H,19,20);1H. The Morgan fingerprint density at radius 2 is 2.25 bits per heavy atom. The van der Waals surface area contributed by atoms with Crippen LogP contribution < -0.4 is 5.32 Å². The van der Waals surface area contributed by atoms with Crippen LogP contribution in [-0.4, -0.2) is 56.2 Å². The van der Waals surface area contributed by atoms with Crippen LogP contribution in [-0.2, 0) is 11.2 Å². The monoisotopic (exact) mass is 442 g/mol. The number of fused-ring (bicyclic) bond motifs is 1. The molecule has 6 heteroatoms. The molecule has 1 atom stereocenters. The Bertz CT molecular complexity index is 631. The number of hydrogen-bond donors (Lipinski definition) is 2. The minimum atomic E-state index is 0. The maximum absolute atomic E-state index is 5.45. The van der Waals surface area contributed by atoms with Gasteiger partial charge in [-0.05, 0) is 23.9 Å². The van der Waals surface area contributed by atoms with Gasteiger partial charge < -0.3 is 19.9 Å². The maximum atomic E-state index is 5.45. The number of benzene rings is 1. The van der Waals surface area contributed by atoms with Gasteiger partial charge in [-0.1, -0.05) is 18.2 Å². The number of H-pyrrole nitrogens is 1. The van der Waals surface area contributed by atoms with E-state index in [-0.39, 0.29) is 24.0 Å². The summed E-state index contributed by atoms with van der Waals surface area (Å²) >= 11 is 0. The highest BCUT2D eigenvalue weighted by atomic mass is 127. The van der Waals surface area contributed by atoms with Crippen LogP contribution in [0, 0.1) is 5.92 Å². The average molecular weight is 442 g/mol. The van der Waals surface area contributed by atoms with E-state index >= 15 is 0 Å². The van der Waals surface area contributed by atoms with Crippen LogP contribution >= 0.6 is 24.0 Å². The number of rotatable bonds is 5. The summed E-state index contributed by atoms with van der Waals surface area (Å²) in [5, 5.41) is 4.72. The molecule has 0 amide bonds. The number of aromatic nitrogens is 1. The highest BCUT2D eigenvalue weighted by Gasteiger charge is 2.18. The van der Waals surface area contributed by atoms with E-state index in [2.05, 4.69) is 57.6 Å². The second kappa shape index (κ2) is 9.27. The van der Waals surface area contributed by atoms with Gasteiger partial charge in [0.15, 0.2) is 5.96 Å². The minimum absolute atomic E-state index is 0. The fourth-order valence-corrected chi connectivity index (χ4v) is 3.16. The summed E-state index contributed by atoms with van der Waals surface area (Å²) in [4.78, 5) is 10.0. The van der Waals surface area contributed by atoms with E-state index in [0.717, 1.165) is 45.1 Å². The predicted molar refractivity (Wildman–Crippen MR) is 110 cm³/mol. The van der Waals surface area contributed by atoms with Crippen molar-refractivity contribution >= 4 is 40.8 Å². The number of ether oxygens (including phenoxy) is 1. The van der Waals surface area contributed by atoms with Crippen LogP contribution in [0.3, 0.4) is 0 Å². The summed E-state index contributed by atoms with van der Waals surface area (Å²) in [7, 11) is 3.93. The van der Waals surface area contributed by atoms with Crippen LogP contribution in [0.2, 0.25) is 0 Å². The molecule has 5 nitrogen and oxygen atoms in total. The van der Waals surface area contributed by atoms with Crippen LogP contribution in [0.25, 0.3) is 10.9 Å². The Morgan fingerprint density at radius 1 is 1.42 bits per heavy atom. The third-order valence-corrected chi connectivity index (χ3v) is 4.39. The summed E-state index contributed by atoms with van der Waals surface area (Å²) in [6.45, 7) is 3.62. The lowest BCUT2D eigenvalue weighted by atomic mass is 10.1.